The number of hydrogen-bond acceptors (Lipinski definition) is 2. The van der Waals surface area contributed by atoms with Gasteiger partial charge in [0.2, 0.25) is 5.95 Å². The fraction of sp³-hybridized carbons (Fsp3) is 0.545. The van der Waals surface area contributed by atoms with Crippen LogP contribution in [-0.2, 0) is 6.54 Å². The van der Waals surface area contributed by atoms with Crippen LogP contribution in [0, 0.1) is 11.8 Å². The number of aromatic nitrogens is 2. The standard InChI is InChI=1S/C11H17N3/c1-3-4-12-11-13-5-6-14(11)8-10-7-9(10)2/h3,5-6,9-10H,1,4,7-8H2,2H3,(H,12,13). The molecule has 3 nitrogen and oxygen atoms in total. The van der Waals surface area contributed by atoms with Gasteiger partial charge >= 0.3 is 0 Å². The molecule has 0 aliphatic heterocycles. The maximum absolute atomic E-state index is 4.26. The summed E-state index contributed by atoms with van der Waals surface area (Å²) in [6.07, 6.45) is 7.09. The van der Waals surface area contributed by atoms with E-state index in [4.69, 9.17) is 0 Å². The van der Waals surface area contributed by atoms with E-state index in [1.165, 1.54) is 6.42 Å². The van der Waals surface area contributed by atoms with Crippen molar-refractivity contribution in [3.8, 4) is 0 Å². The Kier molecular flexibility index (Phi) is 2.57. The first-order valence-corrected chi connectivity index (χ1v) is 5.17. The minimum atomic E-state index is 0.775. The van der Waals surface area contributed by atoms with E-state index in [0.29, 0.717) is 0 Å². The molecule has 1 aliphatic carbocycles. The molecule has 14 heavy (non-hydrogen) atoms. The minimum Gasteiger partial charge on any atom is -0.352 e. The van der Waals surface area contributed by atoms with E-state index in [1.54, 1.807) is 0 Å². The van der Waals surface area contributed by atoms with E-state index >= 15 is 0 Å². The Morgan fingerprint density at radius 2 is 2.57 bits per heavy atom. The smallest absolute Gasteiger partial charge is 0.203 e. The van der Waals surface area contributed by atoms with Crippen molar-refractivity contribution in [1.82, 2.24) is 9.55 Å². The molecule has 0 saturated heterocycles. The molecule has 2 atom stereocenters. The van der Waals surface area contributed by atoms with Crippen LogP contribution in [0.4, 0.5) is 5.95 Å². The highest BCUT2D eigenvalue weighted by atomic mass is 15.2. The molecule has 1 aromatic rings. The van der Waals surface area contributed by atoms with Gasteiger partial charge in [-0.25, -0.2) is 4.98 Å². The second-order valence-corrected chi connectivity index (χ2v) is 4.05. The number of imidazole rings is 1. The lowest BCUT2D eigenvalue weighted by atomic mass is 10.3. The molecular formula is C11H17N3. The van der Waals surface area contributed by atoms with Gasteiger partial charge in [-0.2, -0.15) is 0 Å². The zero-order valence-electron chi connectivity index (χ0n) is 8.61. The molecule has 1 fully saturated rings. The molecular weight excluding hydrogens is 174 g/mol. The van der Waals surface area contributed by atoms with Gasteiger partial charge in [-0.15, -0.1) is 6.58 Å². The van der Waals surface area contributed by atoms with Gasteiger partial charge in [0.25, 0.3) is 0 Å². The van der Waals surface area contributed by atoms with Crippen molar-refractivity contribution in [3.05, 3.63) is 25.0 Å². The number of nitrogens with zero attached hydrogens (tertiary/aromatic N) is 2. The van der Waals surface area contributed by atoms with E-state index in [0.717, 1.165) is 30.9 Å². The average molecular weight is 191 g/mol. The van der Waals surface area contributed by atoms with Gasteiger partial charge < -0.3 is 9.88 Å². The molecule has 0 spiro atoms. The van der Waals surface area contributed by atoms with Crippen LogP contribution in [0.5, 0.6) is 0 Å². The van der Waals surface area contributed by atoms with Gasteiger partial charge in [0, 0.05) is 25.5 Å². The summed E-state index contributed by atoms with van der Waals surface area (Å²) in [5.74, 6) is 2.71. The summed E-state index contributed by atoms with van der Waals surface area (Å²) in [5.41, 5.74) is 0. The Labute approximate surface area is 84.8 Å². The summed E-state index contributed by atoms with van der Waals surface area (Å²) in [7, 11) is 0. The lowest BCUT2D eigenvalue weighted by Gasteiger charge is -2.07. The van der Waals surface area contributed by atoms with Crippen LogP contribution >= 0.6 is 0 Å². The summed E-state index contributed by atoms with van der Waals surface area (Å²) < 4.78 is 2.19. The minimum absolute atomic E-state index is 0.775. The second-order valence-electron chi connectivity index (χ2n) is 4.05. The van der Waals surface area contributed by atoms with Crippen LogP contribution in [0.1, 0.15) is 13.3 Å². The third-order valence-corrected chi connectivity index (χ3v) is 2.83. The zero-order chi connectivity index (χ0) is 9.97. The highest BCUT2D eigenvalue weighted by molar-refractivity contribution is 5.26. The summed E-state index contributed by atoms with van der Waals surface area (Å²) in [6, 6.07) is 0. The Bertz CT molecular complexity index is 316. The van der Waals surface area contributed by atoms with Crippen molar-refractivity contribution >= 4 is 5.95 Å². The van der Waals surface area contributed by atoms with Crippen molar-refractivity contribution < 1.29 is 0 Å². The predicted molar refractivity (Wildman–Crippen MR) is 58.2 cm³/mol. The molecule has 2 rings (SSSR count). The molecule has 0 bridgehead atoms. The Morgan fingerprint density at radius 1 is 1.79 bits per heavy atom. The number of anilines is 1. The molecule has 0 radical (unpaired) electrons. The van der Waals surface area contributed by atoms with Crippen LogP contribution in [0.25, 0.3) is 0 Å². The molecule has 2 unspecified atom stereocenters. The van der Waals surface area contributed by atoms with E-state index < -0.39 is 0 Å². The predicted octanol–water partition coefficient (Wildman–Crippen LogP) is 2.14. The van der Waals surface area contributed by atoms with Crippen LogP contribution in [0.2, 0.25) is 0 Å². The summed E-state index contributed by atoms with van der Waals surface area (Å²) in [5, 5.41) is 3.22. The molecule has 1 heterocycles. The summed E-state index contributed by atoms with van der Waals surface area (Å²) >= 11 is 0. The SMILES string of the molecule is C=CCNc1nccn1CC1CC1C. The van der Waals surface area contributed by atoms with Crippen molar-refractivity contribution in [1.29, 1.82) is 0 Å². The van der Waals surface area contributed by atoms with Gasteiger partial charge in [0.1, 0.15) is 0 Å². The van der Waals surface area contributed by atoms with Crippen LogP contribution < -0.4 is 5.32 Å². The van der Waals surface area contributed by atoms with E-state index in [9.17, 15) is 0 Å². The van der Waals surface area contributed by atoms with Crippen molar-refractivity contribution in [3.63, 3.8) is 0 Å². The van der Waals surface area contributed by atoms with Gasteiger partial charge in [-0.1, -0.05) is 13.0 Å². The fourth-order valence-corrected chi connectivity index (χ4v) is 1.69. The first kappa shape index (κ1) is 9.31. The normalized spacial score (nSPS) is 24.6. The largest absolute Gasteiger partial charge is 0.352 e. The quantitative estimate of drug-likeness (QED) is 0.723. The summed E-state index contributed by atoms with van der Waals surface area (Å²) in [4.78, 5) is 4.26. The lowest BCUT2D eigenvalue weighted by molar-refractivity contribution is 0.598. The van der Waals surface area contributed by atoms with Crippen LogP contribution in [0.15, 0.2) is 25.0 Å². The molecule has 3 heteroatoms. The first-order chi connectivity index (χ1) is 6.81. The molecule has 1 saturated carbocycles. The van der Waals surface area contributed by atoms with Crippen LogP contribution in [0.3, 0.4) is 0 Å². The van der Waals surface area contributed by atoms with Gasteiger partial charge in [-0.3, -0.25) is 0 Å². The zero-order valence-corrected chi connectivity index (χ0v) is 8.61. The maximum atomic E-state index is 4.26. The average Bonchev–Trinajstić information content (AvgIpc) is 2.70. The first-order valence-electron chi connectivity index (χ1n) is 5.17. The monoisotopic (exact) mass is 191 g/mol. The Balaban J connectivity index is 1.94. The van der Waals surface area contributed by atoms with Crippen molar-refractivity contribution in [2.45, 2.75) is 19.9 Å². The summed E-state index contributed by atoms with van der Waals surface area (Å²) in [6.45, 7) is 7.85. The number of nitrogens with one attached hydrogen (secondary N) is 1. The molecule has 1 N–H and O–H groups in total. The van der Waals surface area contributed by atoms with E-state index in [1.807, 2.05) is 18.5 Å². The van der Waals surface area contributed by atoms with Crippen molar-refractivity contribution in [2.24, 2.45) is 11.8 Å². The molecule has 1 aromatic heterocycles. The van der Waals surface area contributed by atoms with Gasteiger partial charge in [-0.05, 0) is 18.3 Å². The van der Waals surface area contributed by atoms with Gasteiger partial charge in [0.05, 0.1) is 0 Å². The third kappa shape index (κ3) is 1.97. The Morgan fingerprint density at radius 3 is 3.21 bits per heavy atom. The van der Waals surface area contributed by atoms with E-state index in [-0.39, 0.29) is 0 Å². The maximum Gasteiger partial charge on any atom is 0.203 e. The van der Waals surface area contributed by atoms with Gasteiger partial charge in [0.15, 0.2) is 0 Å². The molecule has 0 aromatic carbocycles. The second kappa shape index (κ2) is 3.86. The highest BCUT2D eigenvalue weighted by Gasteiger charge is 2.32. The van der Waals surface area contributed by atoms with Crippen molar-refractivity contribution in [2.75, 3.05) is 11.9 Å². The van der Waals surface area contributed by atoms with Crippen LogP contribution in [-0.4, -0.2) is 16.1 Å². The molecule has 0 amide bonds. The topological polar surface area (TPSA) is 29.9 Å². The molecule has 1 aliphatic rings. The number of hydrogen-bond donors (Lipinski definition) is 1. The Hall–Kier alpha value is -1.25. The highest BCUT2D eigenvalue weighted by Crippen LogP contribution is 2.39. The lowest BCUT2D eigenvalue weighted by Crippen LogP contribution is -2.08. The molecule has 76 valence electrons. The third-order valence-electron chi connectivity index (χ3n) is 2.83. The number of rotatable bonds is 5. The fourth-order valence-electron chi connectivity index (χ4n) is 1.69. The van der Waals surface area contributed by atoms with E-state index in [2.05, 4.69) is 28.4 Å².